The first kappa shape index (κ1) is 14.7. The first-order valence-corrected chi connectivity index (χ1v) is 7.43. The quantitative estimate of drug-likeness (QED) is 0.769. The van der Waals surface area contributed by atoms with Crippen molar-refractivity contribution in [2.24, 2.45) is 0 Å². The van der Waals surface area contributed by atoms with Crippen molar-refractivity contribution < 1.29 is 9.90 Å². The number of aryl methyl sites for hydroxylation is 1. The van der Waals surface area contributed by atoms with Crippen LogP contribution in [0, 0.1) is 6.92 Å². The van der Waals surface area contributed by atoms with Crippen molar-refractivity contribution in [3.05, 3.63) is 51.5 Å². The van der Waals surface area contributed by atoms with Gasteiger partial charge in [-0.2, -0.15) is 0 Å². The first-order chi connectivity index (χ1) is 9.63. The smallest absolute Gasteiger partial charge is 0.309 e. The highest BCUT2D eigenvalue weighted by Crippen LogP contribution is 2.10. The van der Waals surface area contributed by atoms with Gasteiger partial charge in [0.05, 0.1) is 17.1 Å². The van der Waals surface area contributed by atoms with E-state index in [-0.39, 0.29) is 6.42 Å². The Balaban J connectivity index is 1.71. The van der Waals surface area contributed by atoms with Crippen molar-refractivity contribution in [2.45, 2.75) is 26.3 Å². The van der Waals surface area contributed by atoms with Crippen LogP contribution in [0.15, 0.2) is 29.6 Å². The van der Waals surface area contributed by atoms with Gasteiger partial charge in [0.25, 0.3) is 0 Å². The van der Waals surface area contributed by atoms with Crippen LogP contribution in [-0.2, 0) is 24.2 Å². The molecule has 0 fully saturated rings. The maximum atomic E-state index is 10.6. The van der Waals surface area contributed by atoms with Crippen LogP contribution in [0.5, 0.6) is 0 Å². The molecule has 0 spiro atoms. The molecule has 0 unspecified atom stereocenters. The maximum absolute atomic E-state index is 10.6. The number of hydrogen-bond donors (Lipinski definition) is 2. The molecule has 4 nitrogen and oxygen atoms in total. The molecule has 0 saturated carbocycles. The number of aliphatic carboxylic acids is 1. The third-order valence-corrected chi connectivity index (χ3v) is 3.85. The van der Waals surface area contributed by atoms with Crippen molar-refractivity contribution in [1.82, 2.24) is 10.3 Å². The van der Waals surface area contributed by atoms with Gasteiger partial charge in [-0.25, -0.2) is 4.98 Å². The third kappa shape index (κ3) is 4.75. The molecule has 0 aliphatic heterocycles. The van der Waals surface area contributed by atoms with Gasteiger partial charge in [0, 0.05) is 24.9 Å². The molecular weight excluding hydrogens is 272 g/mol. The van der Waals surface area contributed by atoms with Crippen LogP contribution in [-0.4, -0.2) is 22.6 Å². The molecule has 2 aromatic rings. The van der Waals surface area contributed by atoms with Crippen LogP contribution >= 0.6 is 11.3 Å². The highest BCUT2D eigenvalue weighted by Gasteiger charge is 2.05. The molecule has 0 aliphatic carbocycles. The van der Waals surface area contributed by atoms with E-state index in [4.69, 9.17) is 5.11 Å². The zero-order chi connectivity index (χ0) is 14.4. The zero-order valence-corrected chi connectivity index (χ0v) is 12.2. The third-order valence-electron chi connectivity index (χ3n) is 2.90. The number of aromatic nitrogens is 1. The maximum Gasteiger partial charge on any atom is 0.309 e. The van der Waals surface area contributed by atoms with Gasteiger partial charge in [-0.05, 0) is 12.5 Å². The lowest BCUT2D eigenvalue weighted by Crippen LogP contribution is -2.16. The van der Waals surface area contributed by atoms with Crippen LogP contribution in [0.1, 0.15) is 21.8 Å². The summed E-state index contributed by atoms with van der Waals surface area (Å²) in [5.74, 6) is -0.834. The summed E-state index contributed by atoms with van der Waals surface area (Å²) in [4.78, 5) is 14.9. The van der Waals surface area contributed by atoms with Gasteiger partial charge in [0.1, 0.15) is 0 Å². The van der Waals surface area contributed by atoms with E-state index in [1.54, 1.807) is 0 Å². The molecule has 0 bridgehead atoms. The highest BCUT2D eigenvalue weighted by atomic mass is 32.1. The Hall–Kier alpha value is -1.72. The molecule has 1 heterocycles. The lowest BCUT2D eigenvalue weighted by Gasteiger charge is -2.04. The van der Waals surface area contributed by atoms with Crippen molar-refractivity contribution in [3.63, 3.8) is 0 Å². The summed E-state index contributed by atoms with van der Waals surface area (Å²) in [5.41, 5.74) is 3.18. The summed E-state index contributed by atoms with van der Waals surface area (Å²) < 4.78 is 0. The largest absolute Gasteiger partial charge is 0.481 e. The van der Waals surface area contributed by atoms with E-state index < -0.39 is 5.97 Å². The number of hydrogen-bond acceptors (Lipinski definition) is 4. The minimum Gasteiger partial charge on any atom is -0.481 e. The SMILES string of the molecule is Cc1ccc(CNCCc2nc(CC(=O)O)cs2)cc1. The van der Waals surface area contributed by atoms with E-state index in [0.29, 0.717) is 5.69 Å². The molecule has 2 N–H and O–H groups in total. The number of thiazole rings is 1. The Morgan fingerprint density at radius 2 is 2.10 bits per heavy atom. The first-order valence-electron chi connectivity index (χ1n) is 6.55. The second-order valence-electron chi connectivity index (χ2n) is 4.72. The fraction of sp³-hybridized carbons (Fsp3) is 0.333. The van der Waals surface area contributed by atoms with Crippen LogP contribution in [0.4, 0.5) is 0 Å². The summed E-state index contributed by atoms with van der Waals surface area (Å²) in [6.45, 7) is 3.76. The normalized spacial score (nSPS) is 10.7. The minimum atomic E-state index is -0.834. The Kier molecular flexibility index (Phi) is 5.26. The highest BCUT2D eigenvalue weighted by molar-refractivity contribution is 7.09. The van der Waals surface area contributed by atoms with E-state index in [1.807, 2.05) is 5.38 Å². The second kappa shape index (κ2) is 7.17. The van der Waals surface area contributed by atoms with Crippen molar-refractivity contribution >= 4 is 17.3 Å². The topological polar surface area (TPSA) is 62.2 Å². The van der Waals surface area contributed by atoms with Crippen LogP contribution in [0.3, 0.4) is 0 Å². The predicted molar refractivity (Wildman–Crippen MR) is 80.0 cm³/mol. The molecule has 2 rings (SSSR count). The van der Waals surface area contributed by atoms with Crippen molar-refractivity contribution in [1.29, 1.82) is 0 Å². The van der Waals surface area contributed by atoms with E-state index >= 15 is 0 Å². The summed E-state index contributed by atoms with van der Waals surface area (Å²) in [6.07, 6.45) is 0.837. The molecule has 1 aromatic carbocycles. The molecule has 0 aliphatic rings. The number of rotatable bonds is 7. The molecule has 106 valence electrons. The van der Waals surface area contributed by atoms with E-state index in [2.05, 4.69) is 41.5 Å². The van der Waals surface area contributed by atoms with Crippen molar-refractivity contribution in [3.8, 4) is 0 Å². The van der Waals surface area contributed by atoms with Crippen LogP contribution in [0.2, 0.25) is 0 Å². The molecule has 5 heteroatoms. The molecule has 0 radical (unpaired) electrons. The molecule has 20 heavy (non-hydrogen) atoms. The van der Waals surface area contributed by atoms with E-state index in [0.717, 1.165) is 24.5 Å². The Morgan fingerprint density at radius 3 is 2.80 bits per heavy atom. The average Bonchev–Trinajstić information content (AvgIpc) is 2.83. The molecular formula is C15H18N2O2S. The number of carboxylic acids is 1. The lowest BCUT2D eigenvalue weighted by atomic mass is 10.1. The van der Waals surface area contributed by atoms with Crippen molar-refractivity contribution in [2.75, 3.05) is 6.54 Å². The van der Waals surface area contributed by atoms with Gasteiger partial charge in [-0.1, -0.05) is 29.8 Å². The minimum absolute atomic E-state index is 0.00724. The monoisotopic (exact) mass is 290 g/mol. The van der Waals surface area contributed by atoms with Gasteiger partial charge in [0.2, 0.25) is 0 Å². The Bertz CT molecular complexity index is 564. The fourth-order valence-corrected chi connectivity index (χ4v) is 2.63. The van der Waals surface area contributed by atoms with Crippen LogP contribution < -0.4 is 5.32 Å². The van der Waals surface area contributed by atoms with Crippen LogP contribution in [0.25, 0.3) is 0 Å². The number of carboxylic acid groups (broad SMARTS) is 1. The number of carbonyl (C=O) groups is 1. The number of benzene rings is 1. The van der Waals surface area contributed by atoms with Gasteiger partial charge in [-0.15, -0.1) is 11.3 Å². The Labute approximate surface area is 122 Å². The predicted octanol–water partition coefficient (Wildman–Crippen LogP) is 2.41. The summed E-state index contributed by atoms with van der Waals surface area (Å²) in [7, 11) is 0. The van der Waals surface area contributed by atoms with E-state index in [1.165, 1.54) is 22.5 Å². The standard InChI is InChI=1S/C15H18N2O2S/c1-11-2-4-12(5-3-11)9-16-7-6-14-17-13(10-20-14)8-15(18)19/h2-5,10,16H,6-9H2,1H3,(H,18,19). The molecule has 0 atom stereocenters. The lowest BCUT2D eigenvalue weighted by molar-refractivity contribution is -0.136. The van der Waals surface area contributed by atoms with Gasteiger partial charge >= 0.3 is 5.97 Å². The summed E-state index contributed by atoms with van der Waals surface area (Å²) in [6, 6.07) is 8.46. The number of nitrogens with zero attached hydrogens (tertiary/aromatic N) is 1. The van der Waals surface area contributed by atoms with Gasteiger partial charge in [0.15, 0.2) is 0 Å². The number of nitrogens with one attached hydrogen (secondary N) is 1. The van der Waals surface area contributed by atoms with E-state index in [9.17, 15) is 4.79 Å². The van der Waals surface area contributed by atoms with Gasteiger partial charge in [-0.3, -0.25) is 4.79 Å². The summed E-state index contributed by atoms with van der Waals surface area (Å²) in [5, 5.41) is 14.9. The summed E-state index contributed by atoms with van der Waals surface area (Å²) >= 11 is 1.53. The van der Waals surface area contributed by atoms with Gasteiger partial charge < -0.3 is 10.4 Å². The molecule has 0 amide bonds. The molecule has 1 aromatic heterocycles. The molecule has 0 saturated heterocycles. The average molecular weight is 290 g/mol. The fourth-order valence-electron chi connectivity index (χ4n) is 1.83. The second-order valence-corrected chi connectivity index (χ2v) is 5.66. The Morgan fingerprint density at radius 1 is 1.35 bits per heavy atom. The zero-order valence-electron chi connectivity index (χ0n) is 11.4.